The monoisotopic (exact) mass is 471 g/mol. The molecular weight excluding hydrogens is 456 g/mol. The van der Waals surface area contributed by atoms with Crippen molar-refractivity contribution in [3.63, 3.8) is 0 Å². The average molecular weight is 472 g/mol. The van der Waals surface area contributed by atoms with Crippen molar-refractivity contribution in [3.8, 4) is 0 Å². The van der Waals surface area contributed by atoms with Crippen LogP contribution in [0.5, 0.6) is 0 Å². The minimum absolute atomic E-state index is 0.0449. The Hall–Kier alpha value is -2.65. The van der Waals surface area contributed by atoms with Gasteiger partial charge in [-0.15, -0.1) is 22.0 Å². The molecule has 0 aromatic carbocycles. The van der Waals surface area contributed by atoms with Crippen LogP contribution in [-0.2, 0) is 20.9 Å². The number of carboxylic acids is 1. The highest BCUT2D eigenvalue weighted by Gasteiger charge is 2.54. The highest BCUT2D eigenvalue weighted by molar-refractivity contribution is 8.01. The number of fused-ring (bicyclic) bond motifs is 1. The first-order valence-electron chi connectivity index (χ1n) is 8.53. The van der Waals surface area contributed by atoms with Crippen molar-refractivity contribution in [2.45, 2.75) is 29.2 Å². The zero-order chi connectivity index (χ0) is 21.4. The Morgan fingerprint density at radius 3 is 2.90 bits per heavy atom. The van der Waals surface area contributed by atoms with Crippen LogP contribution in [0.2, 0.25) is 0 Å². The van der Waals surface area contributed by atoms with E-state index in [4.69, 9.17) is 0 Å². The molecule has 15 heteroatoms. The third-order valence-corrected chi connectivity index (χ3v) is 7.68. The standard InChI is InChI=1S/C15H14N6O6S3/c1-6-17-18-15(30-6)29-5-7-4-28-13-10(12(24)21(13)11(7)14(25)26)16-8(22)2-20-3-9(23)27-19-20/h3,10,13H,2,4-5H2,1H3,(H2-,16,19,22,23,25,26)/p+1/t10-,13-/m1/s1. The van der Waals surface area contributed by atoms with Crippen LogP contribution in [0.25, 0.3) is 0 Å². The predicted octanol–water partition coefficient (Wildman–Crippen LogP) is -1.05. The molecule has 0 radical (unpaired) electrons. The second-order valence-electron chi connectivity index (χ2n) is 6.36. The molecule has 4 heterocycles. The first kappa shape index (κ1) is 20.6. The highest BCUT2D eigenvalue weighted by Crippen LogP contribution is 2.41. The number of nitrogens with zero attached hydrogens (tertiary/aromatic N) is 4. The van der Waals surface area contributed by atoms with Gasteiger partial charge in [-0.2, -0.15) is 0 Å². The van der Waals surface area contributed by atoms with Crippen molar-refractivity contribution in [1.82, 2.24) is 25.7 Å². The molecule has 4 rings (SSSR count). The van der Waals surface area contributed by atoms with Crippen LogP contribution >= 0.6 is 34.9 Å². The van der Waals surface area contributed by atoms with Crippen molar-refractivity contribution in [2.75, 3.05) is 11.5 Å². The zero-order valence-electron chi connectivity index (χ0n) is 15.4. The average Bonchev–Trinajstić information content (AvgIpc) is 3.31. The number of carbonyl (C=O) groups excluding carboxylic acids is 2. The fraction of sp³-hybridized carbons (Fsp3) is 0.400. The van der Waals surface area contributed by atoms with Gasteiger partial charge in [0.25, 0.3) is 24.6 Å². The van der Waals surface area contributed by atoms with Gasteiger partial charge in [0.05, 0.1) is 0 Å². The van der Waals surface area contributed by atoms with Crippen LogP contribution in [-0.4, -0.2) is 66.2 Å². The van der Waals surface area contributed by atoms with Gasteiger partial charge in [-0.3, -0.25) is 19.0 Å². The second-order valence-corrected chi connectivity index (χ2v) is 9.87. The number of H-pyrrole nitrogens is 1. The van der Waals surface area contributed by atoms with E-state index in [0.29, 0.717) is 17.1 Å². The minimum atomic E-state index is -1.19. The minimum Gasteiger partial charge on any atom is -0.477 e. The molecule has 2 aromatic rings. The summed E-state index contributed by atoms with van der Waals surface area (Å²) in [6.07, 6.45) is 1.07. The number of thioether (sulfide) groups is 2. The summed E-state index contributed by atoms with van der Waals surface area (Å²) in [6.45, 7) is 1.60. The largest absolute Gasteiger partial charge is 0.477 e. The summed E-state index contributed by atoms with van der Waals surface area (Å²) in [7, 11) is 0. The Labute approximate surface area is 180 Å². The zero-order valence-corrected chi connectivity index (χ0v) is 17.8. The van der Waals surface area contributed by atoms with Gasteiger partial charge in [-0.05, 0) is 17.8 Å². The molecule has 0 saturated carbocycles. The number of amides is 2. The Bertz CT molecular complexity index is 1110. The number of nitrogens with one attached hydrogen (secondary N) is 2. The quantitative estimate of drug-likeness (QED) is 0.258. The van der Waals surface area contributed by atoms with E-state index in [9.17, 15) is 24.3 Å². The molecule has 2 aliphatic rings. The lowest BCUT2D eigenvalue weighted by Gasteiger charge is -2.49. The molecule has 0 bridgehead atoms. The van der Waals surface area contributed by atoms with Crippen LogP contribution < -0.4 is 15.6 Å². The van der Waals surface area contributed by atoms with Gasteiger partial charge in [-0.1, -0.05) is 27.8 Å². The van der Waals surface area contributed by atoms with Gasteiger partial charge in [-0.25, -0.2) is 9.59 Å². The van der Waals surface area contributed by atoms with E-state index >= 15 is 0 Å². The lowest BCUT2D eigenvalue weighted by atomic mass is 10.0. The summed E-state index contributed by atoms with van der Waals surface area (Å²) in [4.78, 5) is 48.9. The van der Waals surface area contributed by atoms with Crippen LogP contribution in [0.1, 0.15) is 5.01 Å². The topological polar surface area (TPSA) is 162 Å². The molecule has 158 valence electrons. The Balaban J connectivity index is 1.43. The van der Waals surface area contributed by atoms with Gasteiger partial charge in [0, 0.05) is 11.5 Å². The highest BCUT2D eigenvalue weighted by atomic mass is 32.2. The third-order valence-electron chi connectivity index (χ3n) is 4.28. The molecule has 1 saturated heterocycles. The molecular formula is C15H15N6O6S3+. The van der Waals surface area contributed by atoms with Crippen molar-refractivity contribution in [1.29, 1.82) is 0 Å². The van der Waals surface area contributed by atoms with Gasteiger partial charge in [0.2, 0.25) is 0 Å². The summed E-state index contributed by atoms with van der Waals surface area (Å²) < 4.78 is 6.34. The van der Waals surface area contributed by atoms with Crippen molar-refractivity contribution >= 4 is 52.6 Å². The third kappa shape index (κ3) is 3.99. The van der Waals surface area contributed by atoms with Crippen molar-refractivity contribution < 1.29 is 28.7 Å². The fourth-order valence-electron chi connectivity index (χ4n) is 3.02. The number of carbonyl (C=O) groups is 3. The normalized spacial score (nSPS) is 20.7. The molecule has 1 fully saturated rings. The van der Waals surface area contributed by atoms with Gasteiger partial charge < -0.3 is 10.4 Å². The van der Waals surface area contributed by atoms with Crippen LogP contribution in [0.4, 0.5) is 0 Å². The summed E-state index contributed by atoms with van der Waals surface area (Å²) in [5, 5.41) is 22.8. The first-order valence-corrected chi connectivity index (χ1v) is 11.4. The Morgan fingerprint density at radius 1 is 1.47 bits per heavy atom. The number of carboxylic acid groups (broad SMARTS) is 1. The molecule has 30 heavy (non-hydrogen) atoms. The van der Waals surface area contributed by atoms with Crippen LogP contribution in [0.15, 0.2) is 31.1 Å². The van der Waals surface area contributed by atoms with Gasteiger partial charge in [0.1, 0.15) is 22.1 Å². The number of aromatic nitrogens is 4. The SMILES string of the molecule is Cc1nnc(SCC2=C(C(=O)O)N3C(=O)[C@@H](NC(=O)C[n+]4cc(=O)o[nH]4)[C@H]3SC2)s1. The Morgan fingerprint density at radius 2 is 2.27 bits per heavy atom. The van der Waals surface area contributed by atoms with E-state index in [1.807, 2.05) is 6.92 Å². The van der Waals surface area contributed by atoms with E-state index in [-0.39, 0.29) is 12.2 Å². The maximum Gasteiger partial charge on any atom is 0.426 e. The van der Waals surface area contributed by atoms with Gasteiger partial charge in [0.15, 0.2) is 4.34 Å². The molecule has 0 spiro atoms. The van der Waals surface area contributed by atoms with E-state index in [0.717, 1.165) is 20.2 Å². The molecule has 0 unspecified atom stereocenters. The molecule has 0 aliphatic carbocycles. The first-order chi connectivity index (χ1) is 14.3. The predicted molar refractivity (Wildman–Crippen MR) is 105 cm³/mol. The number of aromatic amines is 1. The lowest BCUT2D eigenvalue weighted by molar-refractivity contribution is -0.751. The van der Waals surface area contributed by atoms with Crippen molar-refractivity contribution in [3.05, 3.63) is 32.9 Å². The van der Waals surface area contributed by atoms with Crippen LogP contribution in [0.3, 0.4) is 0 Å². The van der Waals surface area contributed by atoms with Crippen LogP contribution in [0, 0.1) is 6.92 Å². The molecule has 12 nitrogen and oxygen atoms in total. The molecule has 2 aliphatic heterocycles. The fourth-order valence-corrected chi connectivity index (χ4v) is 6.32. The number of β-lactam (4-membered cyclic amide) rings is 1. The van der Waals surface area contributed by atoms with E-state index in [1.165, 1.54) is 39.8 Å². The second kappa shape index (κ2) is 8.23. The number of aryl methyl sites for hydroxylation is 1. The number of rotatable bonds is 7. The number of hydrogen-bond donors (Lipinski definition) is 3. The molecule has 2 atom stereocenters. The maximum atomic E-state index is 12.6. The molecule has 2 amide bonds. The summed E-state index contributed by atoms with van der Waals surface area (Å²) >= 11 is 4.18. The van der Waals surface area contributed by atoms with Gasteiger partial charge >= 0.3 is 11.6 Å². The van der Waals surface area contributed by atoms with Crippen molar-refractivity contribution in [2.24, 2.45) is 0 Å². The lowest BCUT2D eigenvalue weighted by Crippen LogP contribution is -2.71. The van der Waals surface area contributed by atoms with E-state index < -0.39 is 34.8 Å². The Kier molecular flexibility index (Phi) is 5.66. The summed E-state index contributed by atoms with van der Waals surface area (Å²) in [5.74, 6) is -1.39. The smallest absolute Gasteiger partial charge is 0.426 e. The van der Waals surface area contributed by atoms with E-state index in [1.54, 1.807) is 0 Å². The summed E-state index contributed by atoms with van der Waals surface area (Å²) in [6, 6.07) is -0.837. The maximum absolute atomic E-state index is 12.6. The summed E-state index contributed by atoms with van der Waals surface area (Å²) in [5.41, 5.74) is -0.0651. The van der Waals surface area contributed by atoms with E-state index in [2.05, 4.69) is 25.3 Å². The molecule has 2 aromatic heterocycles. The molecule has 3 N–H and O–H groups in total. The number of hydrogen-bond acceptors (Lipinski definition) is 10. The number of aliphatic carboxylic acids is 1.